The molecule has 0 aromatic rings. The number of amides is 2. The lowest BCUT2D eigenvalue weighted by Gasteiger charge is -2.34. The zero-order valence-corrected chi connectivity index (χ0v) is 12.0. The SMILES string of the molecule is C=CC(NC(=O)OC)C(=O)N1CCCC1(C)C(=O)OC. The van der Waals surface area contributed by atoms with Gasteiger partial charge in [0.25, 0.3) is 0 Å². The van der Waals surface area contributed by atoms with E-state index in [9.17, 15) is 14.4 Å². The Hall–Kier alpha value is -2.05. The van der Waals surface area contributed by atoms with Crippen molar-refractivity contribution >= 4 is 18.0 Å². The van der Waals surface area contributed by atoms with Gasteiger partial charge < -0.3 is 19.7 Å². The third-order valence-electron chi connectivity index (χ3n) is 3.49. The maximum atomic E-state index is 12.4. The number of nitrogens with zero attached hydrogens (tertiary/aromatic N) is 1. The summed E-state index contributed by atoms with van der Waals surface area (Å²) in [6.45, 7) is 5.60. The first-order chi connectivity index (χ1) is 9.40. The van der Waals surface area contributed by atoms with E-state index in [-0.39, 0.29) is 0 Å². The third kappa shape index (κ3) is 2.92. The minimum absolute atomic E-state index is 0.407. The molecule has 0 aromatic carbocycles. The van der Waals surface area contributed by atoms with Crippen molar-refractivity contribution < 1.29 is 23.9 Å². The number of methoxy groups -OCH3 is 2. The fourth-order valence-electron chi connectivity index (χ4n) is 2.32. The molecule has 0 bridgehead atoms. The molecule has 7 nitrogen and oxygen atoms in total. The molecule has 1 rings (SSSR count). The van der Waals surface area contributed by atoms with E-state index in [4.69, 9.17) is 4.74 Å². The van der Waals surface area contributed by atoms with Crippen LogP contribution in [0.2, 0.25) is 0 Å². The van der Waals surface area contributed by atoms with Crippen LogP contribution in [0, 0.1) is 0 Å². The fourth-order valence-corrected chi connectivity index (χ4v) is 2.32. The Labute approximate surface area is 117 Å². The van der Waals surface area contributed by atoms with Gasteiger partial charge in [0, 0.05) is 6.54 Å². The summed E-state index contributed by atoms with van der Waals surface area (Å²) in [6, 6.07) is -0.940. The van der Waals surface area contributed by atoms with Crippen LogP contribution in [0.4, 0.5) is 4.79 Å². The Morgan fingerprint density at radius 3 is 2.50 bits per heavy atom. The molecule has 20 heavy (non-hydrogen) atoms. The van der Waals surface area contributed by atoms with Gasteiger partial charge in [-0.3, -0.25) is 4.79 Å². The molecule has 1 saturated heterocycles. The summed E-state index contributed by atoms with van der Waals surface area (Å²) in [4.78, 5) is 37.0. The van der Waals surface area contributed by atoms with Gasteiger partial charge >= 0.3 is 12.1 Å². The predicted molar refractivity (Wildman–Crippen MR) is 70.9 cm³/mol. The molecular weight excluding hydrogens is 264 g/mol. The third-order valence-corrected chi connectivity index (χ3v) is 3.49. The van der Waals surface area contributed by atoms with E-state index in [0.717, 1.165) is 0 Å². The minimum Gasteiger partial charge on any atom is -0.467 e. The molecular formula is C13H20N2O5. The zero-order chi connectivity index (χ0) is 15.3. The van der Waals surface area contributed by atoms with Crippen molar-refractivity contribution in [2.75, 3.05) is 20.8 Å². The van der Waals surface area contributed by atoms with Gasteiger partial charge in [0.15, 0.2) is 0 Å². The van der Waals surface area contributed by atoms with E-state index < -0.39 is 29.6 Å². The maximum Gasteiger partial charge on any atom is 0.407 e. The van der Waals surface area contributed by atoms with Crippen LogP contribution in [0.5, 0.6) is 0 Å². The van der Waals surface area contributed by atoms with Gasteiger partial charge in [-0.1, -0.05) is 6.08 Å². The van der Waals surface area contributed by atoms with Crippen LogP contribution in [-0.2, 0) is 19.1 Å². The number of ether oxygens (including phenoxy) is 2. The van der Waals surface area contributed by atoms with Crippen molar-refractivity contribution in [1.82, 2.24) is 10.2 Å². The van der Waals surface area contributed by atoms with Crippen molar-refractivity contribution in [1.29, 1.82) is 0 Å². The topological polar surface area (TPSA) is 84.9 Å². The van der Waals surface area contributed by atoms with E-state index in [0.29, 0.717) is 19.4 Å². The van der Waals surface area contributed by atoms with E-state index in [1.165, 1.54) is 25.2 Å². The molecule has 1 aliphatic rings. The van der Waals surface area contributed by atoms with Gasteiger partial charge in [-0.25, -0.2) is 9.59 Å². The number of esters is 1. The largest absolute Gasteiger partial charge is 0.467 e. The number of nitrogens with one attached hydrogen (secondary N) is 1. The summed E-state index contributed by atoms with van der Waals surface area (Å²) < 4.78 is 9.22. The van der Waals surface area contributed by atoms with Crippen LogP contribution in [0.25, 0.3) is 0 Å². The normalized spacial score (nSPS) is 22.9. The molecule has 1 N–H and O–H groups in total. The van der Waals surface area contributed by atoms with E-state index in [2.05, 4.69) is 16.6 Å². The van der Waals surface area contributed by atoms with Crippen LogP contribution >= 0.6 is 0 Å². The van der Waals surface area contributed by atoms with Crippen LogP contribution in [0.3, 0.4) is 0 Å². The predicted octanol–water partition coefficient (Wildman–Crippen LogP) is 0.451. The van der Waals surface area contributed by atoms with Gasteiger partial charge in [0.2, 0.25) is 5.91 Å². The van der Waals surface area contributed by atoms with Gasteiger partial charge in [-0.15, -0.1) is 6.58 Å². The van der Waals surface area contributed by atoms with Crippen LogP contribution in [0.15, 0.2) is 12.7 Å². The Morgan fingerprint density at radius 1 is 1.35 bits per heavy atom. The molecule has 1 aliphatic heterocycles. The van der Waals surface area contributed by atoms with Gasteiger partial charge in [-0.2, -0.15) is 0 Å². The Balaban J connectivity index is 2.91. The molecule has 112 valence electrons. The van der Waals surface area contributed by atoms with Crippen molar-refractivity contribution in [3.05, 3.63) is 12.7 Å². The summed E-state index contributed by atoms with van der Waals surface area (Å²) in [5.41, 5.74) is -1.01. The molecule has 0 aromatic heterocycles. The number of rotatable bonds is 4. The van der Waals surface area contributed by atoms with Crippen molar-refractivity contribution in [3.8, 4) is 0 Å². The second kappa shape index (κ2) is 6.40. The monoisotopic (exact) mass is 284 g/mol. The molecule has 0 aliphatic carbocycles. The van der Waals surface area contributed by atoms with Crippen molar-refractivity contribution in [3.63, 3.8) is 0 Å². The highest BCUT2D eigenvalue weighted by Gasteiger charge is 2.47. The first-order valence-electron chi connectivity index (χ1n) is 6.27. The zero-order valence-electron chi connectivity index (χ0n) is 12.0. The van der Waals surface area contributed by atoms with Crippen LogP contribution in [0.1, 0.15) is 19.8 Å². The van der Waals surface area contributed by atoms with Gasteiger partial charge in [-0.05, 0) is 19.8 Å². The van der Waals surface area contributed by atoms with E-state index in [1.807, 2.05) is 0 Å². The van der Waals surface area contributed by atoms with Crippen LogP contribution in [-0.4, -0.2) is 55.2 Å². The number of carbonyl (C=O) groups excluding carboxylic acids is 3. The maximum absolute atomic E-state index is 12.4. The highest BCUT2D eigenvalue weighted by molar-refractivity contribution is 5.93. The molecule has 1 fully saturated rings. The average Bonchev–Trinajstić information content (AvgIpc) is 2.85. The number of hydrogen-bond acceptors (Lipinski definition) is 5. The summed E-state index contributed by atoms with van der Waals surface area (Å²) >= 11 is 0. The molecule has 1 heterocycles. The van der Waals surface area contributed by atoms with E-state index >= 15 is 0 Å². The van der Waals surface area contributed by atoms with Crippen LogP contribution < -0.4 is 5.32 Å². The molecule has 2 atom stereocenters. The lowest BCUT2D eigenvalue weighted by atomic mass is 9.98. The molecule has 7 heteroatoms. The lowest BCUT2D eigenvalue weighted by molar-refractivity contribution is -0.158. The molecule has 2 amide bonds. The van der Waals surface area contributed by atoms with Gasteiger partial charge in [0.05, 0.1) is 14.2 Å². The van der Waals surface area contributed by atoms with E-state index in [1.54, 1.807) is 6.92 Å². The Bertz CT molecular complexity index is 423. The molecule has 0 radical (unpaired) electrons. The number of carbonyl (C=O) groups is 3. The smallest absolute Gasteiger partial charge is 0.407 e. The highest BCUT2D eigenvalue weighted by atomic mass is 16.5. The number of alkyl carbamates (subject to hydrolysis) is 1. The second-order valence-corrected chi connectivity index (χ2v) is 4.71. The summed E-state index contributed by atoms with van der Waals surface area (Å²) in [6.07, 6.45) is 1.78. The van der Waals surface area contributed by atoms with Gasteiger partial charge in [0.1, 0.15) is 11.6 Å². The van der Waals surface area contributed by atoms with Crippen molar-refractivity contribution in [2.24, 2.45) is 0 Å². The average molecular weight is 284 g/mol. The Kier molecular flexibility index (Phi) is 5.12. The van der Waals surface area contributed by atoms with Crippen molar-refractivity contribution in [2.45, 2.75) is 31.3 Å². The molecule has 0 spiro atoms. The molecule has 2 unspecified atom stereocenters. The Morgan fingerprint density at radius 2 is 2.00 bits per heavy atom. The summed E-state index contributed by atoms with van der Waals surface area (Å²) in [5.74, 6) is -0.875. The minimum atomic E-state index is -1.01. The lowest BCUT2D eigenvalue weighted by Crippen LogP contribution is -2.56. The number of hydrogen-bond donors (Lipinski definition) is 1. The standard InChI is InChI=1S/C13H20N2O5/c1-5-9(14-12(18)20-4)10(16)15-8-6-7-13(15,2)11(17)19-3/h5,9H,1,6-8H2,2-4H3,(H,14,18). The quantitative estimate of drug-likeness (QED) is 0.598. The second-order valence-electron chi connectivity index (χ2n) is 4.71. The number of likely N-dealkylation sites (tertiary alicyclic amines) is 1. The summed E-state index contributed by atoms with van der Waals surface area (Å²) in [5, 5.41) is 2.37. The fraction of sp³-hybridized carbons (Fsp3) is 0.615. The highest BCUT2D eigenvalue weighted by Crippen LogP contribution is 2.30. The first-order valence-corrected chi connectivity index (χ1v) is 6.27. The summed E-state index contributed by atoms with van der Waals surface area (Å²) in [7, 11) is 2.49. The molecule has 0 saturated carbocycles. The first kappa shape index (κ1) is 16.0.